The summed E-state index contributed by atoms with van der Waals surface area (Å²) in [5.74, 6) is -0.0286. The molecule has 4 heteroatoms. The number of hydrogen-bond donors (Lipinski definition) is 2. The maximum atomic E-state index is 11.0. The smallest absolute Gasteiger partial charge is 0.220 e. The van der Waals surface area contributed by atoms with Crippen molar-refractivity contribution in [2.45, 2.75) is 45.1 Å². The van der Waals surface area contributed by atoms with Crippen molar-refractivity contribution in [2.24, 2.45) is 11.7 Å². The second-order valence-electron chi connectivity index (χ2n) is 4.52. The number of primary amides is 1. The first-order valence-corrected chi connectivity index (χ1v) is 6.34. The van der Waals surface area contributed by atoms with Crippen LogP contribution in [0.15, 0.2) is 0 Å². The quantitative estimate of drug-likeness (QED) is 0.640. The number of amides is 1. The molecular formula is C12H24N2O2. The molecular weight excluding hydrogens is 204 g/mol. The summed E-state index contributed by atoms with van der Waals surface area (Å²) in [5.41, 5.74) is 5.29. The molecule has 0 aromatic carbocycles. The van der Waals surface area contributed by atoms with Crippen LogP contribution in [0.4, 0.5) is 0 Å². The molecule has 1 rings (SSSR count). The molecule has 1 aliphatic carbocycles. The van der Waals surface area contributed by atoms with E-state index in [0.29, 0.717) is 6.04 Å². The Morgan fingerprint density at radius 3 is 2.56 bits per heavy atom. The lowest BCUT2D eigenvalue weighted by atomic mass is 9.85. The van der Waals surface area contributed by atoms with Crippen molar-refractivity contribution in [3.8, 4) is 0 Å². The molecule has 0 heterocycles. The zero-order valence-electron chi connectivity index (χ0n) is 10.2. The zero-order chi connectivity index (χ0) is 11.8. The molecule has 0 radical (unpaired) electrons. The second kappa shape index (κ2) is 7.63. The molecule has 1 saturated carbocycles. The van der Waals surface area contributed by atoms with Crippen LogP contribution in [0, 0.1) is 5.92 Å². The average Bonchev–Trinajstić information content (AvgIpc) is 2.29. The highest BCUT2D eigenvalue weighted by molar-refractivity contribution is 5.76. The van der Waals surface area contributed by atoms with Gasteiger partial charge < -0.3 is 15.8 Å². The Morgan fingerprint density at radius 1 is 1.31 bits per heavy atom. The van der Waals surface area contributed by atoms with Gasteiger partial charge in [-0.3, -0.25) is 4.79 Å². The van der Waals surface area contributed by atoms with Gasteiger partial charge in [0.2, 0.25) is 5.91 Å². The van der Waals surface area contributed by atoms with Crippen LogP contribution in [0.2, 0.25) is 0 Å². The number of nitrogens with two attached hydrogens (primary N) is 1. The monoisotopic (exact) mass is 228 g/mol. The van der Waals surface area contributed by atoms with Gasteiger partial charge in [-0.1, -0.05) is 6.92 Å². The summed E-state index contributed by atoms with van der Waals surface area (Å²) in [4.78, 5) is 11.0. The van der Waals surface area contributed by atoms with E-state index in [2.05, 4.69) is 12.2 Å². The fraction of sp³-hybridized carbons (Fsp3) is 0.917. The van der Waals surface area contributed by atoms with Crippen molar-refractivity contribution < 1.29 is 9.53 Å². The average molecular weight is 228 g/mol. The predicted molar refractivity (Wildman–Crippen MR) is 64.1 cm³/mol. The third kappa shape index (κ3) is 4.94. The minimum Gasteiger partial charge on any atom is -0.380 e. The SMILES string of the molecule is CCCOCCNC1CCC(C(N)=O)CC1. The highest BCUT2D eigenvalue weighted by Gasteiger charge is 2.23. The van der Waals surface area contributed by atoms with Gasteiger partial charge in [-0.2, -0.15) is 0 Å². The fourth-order valence-electron chi connectivity index (χ4n) is 2.16. The van der Waals surface area contributed by atoms with E-state index in [1.54, 1.807) is 0 Å². The lowest BCUT2D eigenvalue weighted by Gasteiger charge is -2.27. The molecule has 3 N–H and O–H groups in total. The normalized spacial score (nSPS) is 25.6. The molecule has 0 aromatic heterocycles. The van der Waals surface area contributed by atoms with Gasteiger partial charge in [0.05, 0.1) is 6.61 Å². The third-order valence-corrected chi connectivity index (χ3v) is 3.16. The number of carbonyl (C=O) groups excluding carboxylic acids is 1. The Hall–Kier alpha value is -0.610. The summed E-state index contributed by atoms with van der Waals surface area (Å²) >= 11 is 0. The first-order chi connectivity index (χ1) is 7.74. The fourth-order valence-corrected chi connectivity index (χ4v) is 2.16. The summed E-state index contributed by atoms with van der Waals surface area (Å²) in [6.45, 7) is 4.64. The summed E-state index contributed by atoms with van der Waals surface area (Å²) < 4.78 is 5.40. The summed E-state index contributed by atoms with van der Waals surface area (Å²) in [5, 5.41) is 3.46. The van der Waals surface area contributed by atoms with Crippen LogP contribution in [-0.2, 0) is 9.53 Å². The van der Waals surface area contributed by atoms with E-state index in [1.165, 1.54) is 0 Å². The van der Waals surface area contributed by atoms with E-state index in [0.717, 1.165) is 51.9 Å². The largest absolute Gasteiger partial charge is 0.380 e. The van der Waals surface area contributed by atoms with E-state index in [9.17, 15) is 4.79 Å². The number of carbonyl (C=O) groups is 1. The molecule has 1 aliphatic rings. The Labute approximate surface area is 97.9 Å². The molecule has 0 saturated heterocycles. The number of nitrogens with one attached hydrogen (secondary N) is 1. The van der Waals surface area contributed by atoms with Crippen LogP contribution < -0.4 is 11.1 Å². The van der Waals surface area contributed by atoms with Gasteiger partial charge in [-0.25, -0.2) is 0 Å². The van der Waals surface area contributed by atoms with E-state index >= 15 is 0 Å². The predicted octanol–water partition coefficient (Wildman–Crippen LogP) is 1.05. The van der Waals surface area contributed by atoms with Gasteiger partial charge in [0, 0.05) is 25.1 Å². The lowest BCUT2D eigenvalue weighted by molar-refractivity contribution is -0.122. The molecule has 0 unspecified atom stereocenters. The van der Waals surface area contributed by atoms with Crippen molar-refractivity contribution in [3.05, 3.63) is 0 Å². The molecule has 0 spiro atoms. The van der Waals surface area contributed by atoms with Gasteiger partial charge in [0.15, 0.2) is 0 Å². The molecule has 0 atom stereocenters. The number of hydrogen-bond acceptors (Lipinski definition) is 3. The first kappa shape index (κ1) is 13.5. The first-order valence-electron chi connectivity index (χ1n) is 6.34. The molecule has 0 bridgehead atoms. The second-order valence-corrected chi connectivity index (χ2v) is 4.52. The van der Waals surface area contributed by atoms with Crippen LogP contribution in [0.25, 0.3) is 0 Å². The maximum absolute atomic E-state index is 11.0. The highest BCUT2D eigenvalue weighted by Crippen LogP contribution is 2.23. The van der Waals surface area contributed by atoms with E-state index in [4.69, 9.17) is 10.5 Å². The minimum atomic E-state index is -0.135. The third-order valence-electron chi connectivity index (χ3n) is 3.16. The van der Waals surface area contributed by atoms with Crippen molar-refractivity contribution in [3.63, 3.8) is 0 Å². The van der Waals surface area contributed by atoms with Gasteiger partial charge in [-0.05, 0) is 32.1 Å². The Balaban J connectivity index is 2.02. The highest BCUT2D eigenvalue weighted by atomic mass is 16.5. The van der Waals surface area contributed by atoms with Gasteiger partial charge >= 0.3 is 0 Å². The van der Waals surface area contributed by atoms with E-state index in [-0.39, 0.29) is 11.8 Å². The molecule has 0 aliphatic heterocycles. The minimum absolute atomic E-state index is 0.106. The van der Waals surface area contributed by atoms with E-state index in [1.807, 2.05) is 0 Å². The molecule has 94 valence electrons. The zero-order valence-corrected chi connectivity index (χ0v) is 10.2. The Morgan fingerprint density at radius 2 is 2.00 bits per heavy atom. The van der Waals surface area contributed by atoms with Gasteiger partial charge in [-0.15, -0.1) is 0 Å². The van der Waals surface area contributed by atoms with Crippen LogP contribution in [0.1, 0.15) is 39.0 Å². The van der Waals surface area contributed by atoms with Crippen LogP contribution in [0.3, 0.4) is 0 Å². The molecule has 1 amide bonds. The summed E-state index contributed by atoms with van der Waals surface area (Å²) in [6, 6.07) is 0.542. The van der Waals surface area contributed by atoms with Gasteiger partial charge in [0.25, 0.3) is 0 Å². The summed E-state index contributed by atoms with van der Waals surface area (Å²) in [6.07, 6.45) is 5.05. The topological polar surface area (TPSA) is 64.3 Å². The standard InChI is InChI=1S/C12H24N2O2/c1-2-8-16-9-7-14-11-5-3-10(4-6-11)12(13)15/h10-11,14H,2-9H2,1H3,(H2,13,15). The van der Waals surface area contributed by atoms with Crippen LogP contribution >= 0.6 is 0 Å². The number of ether oxygens (including phenoxy) is 1. The molecule has 1 fully saturated rings. The van der Waals surface area contributed by atoms with E-state index < -0.39 is 0 Å². The van der Waals surface area contributed by atoms with Crippen molar-refractivity contribution in [1.82, 2.24) is 5.32 Å². The Bertz CT molecular complexity index is 201. The number of rotatable bonds is 7. The lowest BCUT2D eigenvalue weighted by Crippen LogP contribution is -2.38. The van der Waals surface area contributed by atoms with Gasteiger partial charge in [0.1, 0.15) is 0 Å². The van der Waals surface area contributed by atoms with Crippen LogP contribution in [-0.4, -0.2) is 31.7 Å². The molecule has 4 nitrogen and oxygen atoms in total. The van der Waals surface area contributed by atoms with Crippen molar-refractivity contribution in [1.29, 1.82) is 0 Å². The van der Waals surface area contributed by atoms with Crippen molar-refractivity contribution >= 4 is 5.91 Å². The van der Waals surface area contributed by atoms with Crippen molar-refractivity contribution in [2.75, 3.05) is 19.8 Å². The summed E-state index contributed by atoms with van der Waals surface area (Å²) in [7, 11) is 0. The van der Waals surface area contributed by atoms with Crippen LogP contribution in [0.5, 0.6) is 0 Å². The Kier molecular flexibility index (Phi) is 6.42. The maximum Gasteiger partial charge on any atom is 0.220 e. The molecule has 0 aromatic rings. The molecule has 16 heavy (non-hydrogen) atoms.